The molecule has 21 heavy (non-hydrogen) atoms. The largest absolute Gasteiger partial charge is 0.397 e. The van der Waals surface area contributed by atoms with Gasteiger partial charge in [0.1, 0.15) is 5.69 Å². The normalized spacial score (nSPS) is 14.1. The standard InChI is InChI=1S/C16H19N3OS/c17-12-10-15(19(11-12)13-6-7-13)16(20)18-8-9-21-14-4-2-1-3-5-14/h1-5,10-11,13H,6-9,17H2,(H,18,20). The van der Waals surface area contributed by atoms with Gasteiger partial charge >= 0.3 is 0 Å². The van der Waals surface area contributed by atoms with Gasteiger partial charge in [-0.15, -0.1) is 11.8 Å². The first-order valence-electron chi connectivity index (χ1n) is 7.17. The van der Waals surface area contributed by atoms with E-state index in [2.05, 4.69) is 17.4 Å². The van der Waals surface area contributed by atoms with Gasteiger partial charge in [0, 0.05) is 29.4 Å². The molecule has 0 radical (unpaired) electrons. The van der Waals surface area contributed by atoms with Crippen LogP contribution < -0.4 is 11.1 Å². The number of nitrogens with zero attached hydrogens (tertiary/aromatic N) is 1. The summed E-state index contributed by atoms with van der Waals surface area (Å²) in [6.07, 6.45) is 4.14. The minimum Gasteiger partial charge on any atom is -0.397 e. The lowest BCUT2D eigenvalue weighted by atomic mass is 10.3. The Hall–Kier alpha value is -1.88. The van der Waals surface area contributed by atoms with Crippen molar-refractivity contribution >= 4 is 23.4 Å². The molecular formula is C16H19N3OS. The molecule has 0 bridgehead atoms. The highest BCUT2D eigenvalue weighted by Crippen LogP contribution is 2.37. The fourth-order valence-electron chi connectivity index (χ4n) is 2.28. The van der Waals surface area contributed by atoms with E-state index in [1.807, 2.05) is 29.0 Å². The number of amides is 1. The van der Waals surface area contributed by atoms with E-state index in [0.29, 0.717) is 24.0 Å². The van der Waals surface area contributed by atoms with E-state index >= 15 is 0 Å². The molecule has 110 valence electrons. The Morgan fingerprint density at radius 1 is 1.33 bits per heavy atom. The van der Waals surface area contributed by atoms with Crippen LogP contribution in [0.15, 0.2) is 47.5 Å². The van der Waals surface area contributed by atoms with Crippen LogP contribution in [0.5, 0.6) is 0 Å². The summed E-state index contributed by atoms with van der Waals surface area (Å²) in [5, 5.41) is 2.97. The number of benzene rings is 1. The van der Waals surface area contributed by atoms with Gasteiger partial charge in [-0.1, -0.05) is 18.2 Å². The highest BCUT2D eigenvalue weighted by molar-refractivity contribution is 7.99. The first-order valence-corrected chi connectivity index (χ1v) is 8.16. The number of nitrogen functional groups attached to an aromatic ring is 1. The number of nitrogens with two attached hydrogens (primary N) is 1. The van der Waals surface area contributed by atoms with Crippen molar-refractivity contribution in [1.29, 1.82) is 0 Å². The Kier molecular flexibility index (Phi) is 4.20. The average molecular weight is 301 g/mol. The molecule has 0 atom stereocenters. The number of anilines is 1. The van der Waals surface area contributed by atoms with Crippen LogP contribution in [0, 0.1) is 0 Å². The maximum atomic E-state index is 12.2. The molecule has 1 aromatic heterocycles. The summed E-state index contributed by atoms with van der Waals surface area (Å²) in [5.74, 6) is 0.822. The molecule has 3 rings (SSSR count). The summed E-state index contributed by atoms with van der Waals surface area (Å²) in [6.45, 7) is 0.647. The number of nitrogens with one attached hydrogen (secondary N) is 1. The zero-order valence-corrected chi connectivity index (χ0v) is 12.6. The van der Waals surface area contributed by atoms with Gasteiger partial charge in [-0.2, -0.15) is 0 Å². The van der Waals surface area contributed by atoms with Crippen molar-refractivity contribution in [2.75, 3.05) is 18.0 Å². The molecule has 1 amide bonds. The molecule has 1 heterocycles. The number of carbonyl (C=O) groups is 1. The molecular weight excluding hydrogens is 282 g/mol. The van der Waals surface area contributed by atoms with Crippen molar-refractivity contribution in [3.05, 3.63) is 48.3 Å². The lowest BCUT2D eigenvalue weighted by Gasteiger charge is -2.08. The monoisotopic (exact) mass is 301 g/mol. The van der Waals surface area contributed by atoms with Crippen molar-refractivity contribution in [2.45, 2.75) is 23.8 Å². The predicted molar refractivity (Wildman–Crippen MR) is 86.6 cm³/mol. The predicted octanol–water partition coefficient (Wildman–Crippen LogP) is 2.93. The van der Waals surface area contributed by atoms with E-state index in [9.17, 15) is 4.79 Å². The molecule has 0 spiro atoms. The number of thioether (sulfide) groups is 1. The smallest absolute Gasteiger partial charge is 0.268 e. The zero-order valence-electron chi connectivity index (χ0n) is 11.8. The molecule has 5 heteroatoms. The minimum atomic E-state index is -0.0349. The summed E-state index contributed by atoms with van der Waals surface area (Å²) in [5.41, 5.74) is 7.15. The Morgan fingerprint density at radius 3 is 2.81 bits per heavy atom. The van der Waals surface area contributed by atoms with Gasteiger partial charge in [-0.05, 0) is 31.0 Å². The Bertz CT molecular complexity index is 620. The summed E-state index contributed by atoms with van der Waals surface area (Å²) in [4.78, 5) is 13.4. The summed E-state index contributed by atoms with van der Waals surface area (Å²) in [7, 11) is 0. The summed E-state index contributed by atoms with van der Waals surface area (Å²) in [6, 6.07) is 12.4. The lowest BCUT2D eigenvalue weighted by Crippen LogP contribution is -2.27. The second kappa shape index (κ2) is 6.26. The van der Waals surface area contributed by atoms with E-state index in [0.717, 1.165) is 18.6 Å². The van der Waals surface area contributed by atoms with Gasteiger partial charge in [0.15, 0.2) is 0 Å². The molecule has 1 aromatic carbocycles. The highest BCUT2D eigenvalue weighted by Gasteiger charge is 2.27. The first-order chi connectivity index (χ1) is 10.2. The Balaban J connectivity index is 1.50. The van der Waals surface area contributed by atoms with Gasteiger partial charge in [0.05, 0.1) is 5.69 Å². The van der Waals surface area contributed by atoms with Gasteiger partial charge in [0.25, 0.3) is 5.91 Å². The van der Waals surface area contributed by atoms with Crippen LogP contribution in [0.2, 0.25) is 0 Å². The van der Waals surface area contributed by atoms with Crippen LogP contribution in [0.4, 0.5) is 5.69 Å². The molecule has 3 N–H and O–H groups in total. The third kappa shape index (κ3) is 3.61. The SMILES string of the molecule is Nc1cc(C(=O)NCCSc2ccccc2)n(C2CC2)c1. The van der Waals surface area contributed by atoms with Crippen molar-refractivity contribution in [3.8, 4) is 0 Å². The van der Waals surface area contributed by atoms with Crippen LogP contribution in [0.1, 0.15) is 29.4 Å². The third-order valence-electron chi connectivity index (χ3n) is 3.44. The van der Waals surface area contributed by atoms with E-state index < -0.39 is 0 Å². The molecule has 0 aliphatic heterocycles. The topological polar surface area (TPSA) is 60.1 Å². The van der Waals surface area contributed by atoms with Crippen molar-refractivity contribution in [2.24, 2.45) is 0 Å². The maximum absolute atomic E-state index is 12.2. The van der Waals surface area contributed by atoms with E-state index in [1.165, 1.54) is 4.90 Å². The molecule has 4 nitrogen and oxygen atoms in total. The van der Waals surface area contributed by atoms with Gasteiger partial charge in [-0.3, -0.25) is 4.79 Å². The summed E-state index contributed by atoms with van der Waals surface area (Å²) < 4.78 is 2.01. The molecule has 1 aliphatic carbocycles. The minimum absolute atomic E-state index is 0.0349. The van der Waals surface area contributed by atoms with Crippen LogP contribution in [0.25, 0.3) is 0 Å². The zero-order chi connectivity index (χ0) is 14.7. The van der Waals surface area contributed by atoms with Crippen molar-refractivity contribution < 1.29 is 4.79 Å². The molecule has 0 unspecified atom stereocenters. The van der Waals surface area contributed by atoms with E-state index in [-0.39, 0.29) is 5.91 Å². The van der Waals surface area contributed by atoms with E-state index in [1.54, 1.807) is 17.8 Å². The van der Waals surface area contributed by atoms with Crippen molar-refractivity contribution in [3.63, 3.8) is 0 Å². The third-order valence-corrected chi connectivity index (χ3v) is 4.46. The second-order valence-corrected chi connectivity index (χ2v) is 6.38. The fraction of sp³-hybridized carbons (Fsp3) is 0.312. The quantitative estimate of drug-likeness (QED) is 0.637. The average Bonchev–Trinajstić information content (AvgIpc) is 3.27. The van der Waals surface area contributed by atoms with Gasteiger partial charge in [0.2, 0.25) is 0 Å². The number of hydrogen-bond donors (Lipinski definition) is 2. The number of hydrogen-bond acceptors (Lipinski definition) is 3. The van der Waals surface area contributed by atoms with Gasteiger partial charge in [-0.25, -0.2) is 0 Å². The first kappa shape index (κ1) is 14.1. The maximum Gasteiger partial charge on any atom is 0.268 e. The van der Waals surface area contributed by atoms with Gasteiger partial charge < -0.3 is 15.6 Å². The number of aromatic nitrogens is 1. The Labute approximate surface area is 128 Å². The van der Waals surface area contributed by atoms with Crippen LogP contribution in [0.3, 0.4) is 0 Å². The molecule has 1 fully saturated rings. The van der Waals surface area contributed by atoms with Crippen LogP contribution in [-0.2, 0) is 0 Å². The number of carbonyl (C=O) groups excluding carboxylic acids is 1. The lowest BCUT2D eigenvalue weighted by molar-refractivity contribution is 0.0946. The highest BCUT2D eigenvalue weighted by atomic mass is 32.2. The van der Waals surface area contributed by atoms with Crippen molar-refractivity contribution in [1.82, 2.24) is 9.88 Å². The van der Waals surface area contributed by atoms with E-state index in [4.69, 9.17) is 5.73 Å². The molecule has 2 aromatic rings. The molecule has 1 aliphatic rings. The second-order valence-electron chi connectivity index (χ2n) is 5.21. The summed E-state index contributed by atoms with van der Waals surface area (Å²) >= 11 is 1.74. The fourth-order valence-corrected chi connectivity index (χ4v) is 3.07. The van der Waals surface area contributed by atoms with Crippen LogP contribution in [-0.4, -0.2) is 22.8 Å². The molecule has 0 saturated heterocycles. The number of rotatable bonds is 6. The van der Waals surface area contributed by atoms with Crippen LogP contribution >= 0.6 is 11.8 Å². The Morgan fingerprint density at radius 2 is 2.10 bits per heavy atom. The molecule has 1 saturated carbocycles.